The first-order valence-corrected chi connectivity index (χ1v) is 6.64. The van der Waals surface area contributed by atoms with Gasteiger partial charge in [-0.1, -0.05) is 17.7 Å². The van der Waals surface area contributed by atoms with Gasteiger partial charge in [0.15, 0.2) is 0 Å². The van der Waals surface area contributed by atoms with Crippen LogP contribution in [0, 0.1) is 0 Å². The second kappa shape index (κ2) is 5.93. The first-order valence-electron chi connectivity index (χ1n) is 6.27. The van der Waals surface area contributed by atoms with Gasteiger partial charge in [-0.2, -0.15) is 0 Å². The Morgan fingerprint density at radius 1 is 1.24 bits per heavy atom. The van der Waals surface area contributed by atoms with Crippen molar-refractivity contribution < 1.29 is 15.0 Å². The molecule has 0 aliphatic heterocycles. The number of benzene rings is 2. The number of anilines is 1. The van der Waals surface area contributed by atoms with Crippen LogP contribution in [0.3, 0.4) is 0 Å². The number of primary amides is 1. The number of hydrogen-bond acceptors (Lipinski definition) is 4. The number of phenolic OH excluding ortho intramolecular Hbond substituents is 2. The highest BCUT2D eigenvalue weighted by Gasteiger charge is 2.16. The number of rotatable bonds is 4. The van der Waals surface area contributed by atoms with Crippen LogP contribution in [0.2, 0.25) is 5.02 Å². The molecule has 21 heavy (non-hydrogen) atoms. The third-order valence-corrected chi connectivity index (χ3v) is 3.45. The van der Waals surface area contributed by atoms with Gasteiger partial charge in [0.1, 0.15) is 11.5 Å². The summed E-state index contributed by atoms with van der Waals surface area (Å²) in [5.74, 6) is -0.623. The highest BCUT2D eigenvalue weighted by molar-refractivity contribution is 6.33. The largest absolute Gasteiger partial charge is 0.507 e. The Labute approximate surface area is 127 Å². The number of amides is 1. The van der Waals surface area contributed by atoms with Crippen LogP contribution in [0.25, 0.3) is 0 Å². The van der Waals surface area contributed by atoms with Gasteiger partial charge in [0.2, 0.25) is 5.91 Å². The molecule has 0 fully saturated rings. The summed E-state index contributed by atoms with van der Waals surface area (Å²) in [6.45, 7) is 1.75. The summed E-state index contributed by atoms with van der Waals surface area (Å²) < 4.78 is 0. The summed E-state index contributed by atoms with van der Waals surface area (Å²) in [6.07, 6.45) is 0. The van der Waals surface area contributed by atoms with E-state index in [1.807, 2.05) is 0 Å². The van der Waals surface area contributed by atoms with Gasteiger partial charge in [0, 0.05) is 5.56 Å². The summed E-state index contributed by atoms with van der Waals surface area (Å²) in [5, 5.41) is 23.1. The molecular formula is C15H15ClN2O3. The quantitative estimate of drug-likeness (QED) is 0.698. The monoisotopic (exact) mass is 306 g/mol. The number of hydrogen-bond donors (Lipinski definition) is 4. The van der Waals surface area contributed by atoms with Crippen LogP contribution in [-0.4, -0.2) is 16.1 Å². The lowest BCUT2D eigenvalue weighted by atomic mass is 10.1. The lowest BCUT2D eigenvalue weighted by molar-refractivity contribution is 0.100. The molecule has 0 saturated heterocycles. The van der Waals surface area contributed by atoms with Gasteiger partial charge in [-0.3, -0.25) is 4.79 Å². The first-order chi connectivity index (χ1) is 9.90. The molecule has 2 rings (SSSR count). The normalized spacial score (nSPS) is 11.9. The van der Waals surface area contributed by atoms with Gasteiger partial charge in [-0.05, 0) is 37.3 Å². The van der Waals surface area contributed by atoms with Crippen molar-refractivity contribution in [3.63, 3.8) is 0 Å². The minimum Gasteiger partial charge on any atom is -0.507 e. The van der Waals surface area contributed by atoms with Crippen molar-refractivity contribution in [1.82, 2.24) is 0 Å². The van der Waals surface area contributed by atoms with Gasteiger partial charge in [-0.15, -0.1) is 0 Å². The summed E-state index contributed by atoms with van der Waals surface area (Å²) in [6, 6.07) is 8.69. The minimum atomic E-state index is -0.562. The molecule has 1 amide bonds. The maximum Gasteiger partial charge on any atom is 0.248 e. The molecule has 5 nitrogen and oxygen atoms in total. The molecule has 1 unspecified atom stereocenters. The SMILES string of the molecule is CC(Nc1cc(C(N)=O)ccc1Cl)c1c(O)cccc1O. The molecule has 2 aromatic rings. The Hall–Kier alpha value is -2.40. The standard InChI is InChI=1S/C15H15ClN2O3/c1-8(14-12(19)3-2-4-13(14)20)18-11-7-9(15(17)21)5-6-10(11)16/h2-8,18-20H,1H3,(H2,17,21). The molecule has 0 bridgehead atoms. The van der Waals surface area contributed by atoms with Crippen LogP contribution in [0.5, 0.6) is 11.5 Å². The van der Waals surface area contributed by atoms with Gasteiger partial charge in [-0.25, -0.2) is 0 Å². The second-order valence-corrected chi connectivity index (χ2v) is 5.04. The molecule has 110 valence electrons. The predicted octanol–water partition coefficient (Wildman–Crippen LogP) is 3.02. The number of carbonyl (C=O) groups excluding carboxylic acids is 1. The predicted molar refractivity (Wildman–Crippen MR) is 81.8 cm³/mol. The number of nitrogens with two attached hydrogens (primary N) is 1. The second-order valence-electron chi connectivity index (χ2n) is 4.63. The summed E-state index contributed by atoms with van der Waals surface area (Å²) in [4.78, 5) is 11.2. The third kappa shape index (κ3) is 3.20. The van der Waals surface area contributed by atoms with Crippen molar-refractivity contribution in [1.29, 1.82) is 0 Å². The number of nitrogens with one attached hydrogen (secondary N) is 1. The van der Waals surface area contributed by atoms with Gasteiger partial charge >= 0.3 is 0 Å². The van der Waals surface area contributed by atoms with E-state index in [0.717, 1.165) is 0 Å². The van der Waals surface area contributed by atoms with Gasteiger partial charge < -0.3 is 21.3 Å². The average molecular weight is 307 g/mol. The highest BCUT2D eigenvalue weighted by atomic mass is 35.5. The molecule has 5 N–H and O–H groups in total. The minimum absolute atomic E-state index is 0.0304. The average Bonchev–Trinajstić information content (AvgIpc) is 2.40. The Bertz CT molecular complexity index is 668. The molecule has 0 aliphatic carbocycles. The zero-order chi connectivity index (χ0) is 15.6. The molecule has 1 atom stereocenters. The van der Waals surface area contributed by atoms with Crippen LogP contribution < -0.4 is 11.1 Å². The first kappa shape index (κ1) is 15.0. The summed E-state index contributed by atoms with van der Waals surface area (Å²) >= 11 is 6.07. The van der Waals surface area contributed by atoms with Crippen LogP contribution in [0.4, 0.5) is 5.69 Å². The van der Waals surface area contributed by atoms with E-state index in [2.05, 4.69) is 5.32 Å². The maximum absolute atomic E-state index is 11.2. The van der Waals surface area contributed by atoms with E-state index in [4.69, 9.17) is 17.3 Å². The summed E-state index contributed by atoms with van der Waals surface area (Å²) in [7, 11) is 0. The lowest BCUT2D eigenvalue weighted by Crippen LogP contribution is -2.12. The van der Waals surface area contributed by atoms with Crippen molar-refractivity contribution in [2.24, 2.45) is 5.73 Å². The van der Waals surface area contributed by atoms with E-state index in [1.54, 1.807) is 19.1 Å². The van der Waals surface area contributed by atoms with Gasteiger partial charge in [0.25, 0.3) is 0 Å². The number of halogens is 1. The van der Waals surface area contributed by atoms with Crippen LogP contribution in [0.1, 0.15) is 28.9 Å². The highest BCUT2D eigenvalue weighted by Crippen LogP contribution is 2.35. The molecule has 0 aliphatic rings. The number of aromatic hydroxyl groups is 2. The van der Waals surface area contributed by atoms with Crippen molar-refractivity contribution in [2.45, 2.75) is 13.0 Å². The van der Waals surface area contributed by atoms with Crippen LogP contribution >= 0.6 is 11.6 Å². The molecule has 0 radical (unpaired) electrons. The maximum atomic E-state index is 11.2. The molecule has 0 saturated carbocycles. The molecule has 0 aromatic heterocycles. The van der Waals surface area contributed by atoms with E-state index < -0.39 is 11.9 Å². The Balaban J connectivity index is 2.33. The molecular weight excluding hydrogens is 292 g/mol. The molecule has 6 heteroatoms. The summed E-state index contributed by atoms with van der Waals surface area (Å²) in [5.41, 5.74) is 6.38. The Kier molecular flexibility index (Phi) is 4.23. The fourth-order valence-electron chi connectivity index (χ4n) is 2.08. The molecule has 0 spiro atoms. The van der Waals surface area contributed by atoms with Crippen molar-refractivity contribution in [3.05, 3.63) is 52.5 Å². The third-order valence-electron chi connectivity index (χ3n) is 3.12. The van der Waals surface area contributed by atoms with E-state index in [0.29, 0.717) is 21.8 Å². The van der Waals surface area contributed by atoms with E-state index in [9.17, 15) is 15.0 Å². The number of phenols is 2. The van der Waals surface area contributed by atoms with Crippen molar-refractivity contribution >= 4 is 23.2 Å². The van der Waals surface area contributed by atoms with E-state index >= 15 is 0 Å². The van der Waals surface area contributed by atoms with E-state index in [-0.39, 0.29) is 11.5 Å². The van der Waals surface area contributed by atoms with Crippen molar-refractivity contribution in [2.75, 3.05) is 5.32 Å². The van der Waals surface area contributed by atoms with E-state index in [1.165, 1.54) is 24.3 Å². The van der Waals surface area contributed by atoms with Gasteiger partial charge in [0.05, 0.1) is 22.3 Å². The fraction of sp³-hybridized carbons (Fsp3) is 0.133. The number of carbonyl (C=O) groups is 1. The zero-order valence-corrected chi connectivity index (χ0v) is 12.1. The molecule has 2 aromatic carbocycles. The topological polar surface area (TPSA) is 95.6 Å². The Morgan fingerprint density at radius 2 is 1.86 bits per heavy atom. The zero-order valence-electron chi connectivity index (χ0n) is 11.3. The Morgan fingerprint density at radius 3 is 2.43 bits per heavy atom. The smallest absolute Gasteiger partial charge is 0.248 e. The fourth-order valence-corrected chi connectivity index (χ4v) is 2.25. The van der Waals surface area contributed by atoms with Crippen LogP contribution in [0.15, 0.2) is 36.4 Å². The molecule has 0 heterocycles. The van der Waals surface area contributed by atoms with Crippen LogP contribution in [-0.2, 0) is 0 Å². The van der Waals surface area contributed by atoms with Crippen molar-refractivity contribution in [3.8, 4) is 11.5 Å². The lowest BCUT2D eigenvalue weighted by Gasteiger charge is -2.19.